The van der Waals surface area contributed by atoms with Crippen molar-refractivity contribution in [1.29, 1.82) is 0 Å². The molecule has 0 atom stereocenters. The minimum absolute atomic E-state index is 0.0197. The molecule has 0 N–H and O–H groups in total. The number of aryl methyl sites for hydroxylation is 1. The van der Waals surface area contributed by atoms with Crippen LogP contribution in [0, 0.1) is 0 Å². The zero-order valence-electron chi connectivity index (χ0n) is 19.0. The number of likely N-dealkylation sites (N-methyl/N-ethyl adjacent to an activating group) is 1. The second-order valence-corrected chi connectivity index (χ2v) is 7.22. The number of benzene rings is 2. The molecule has 1 heterocycles. The van der Waals surface area contributed by atoms with Crippen LogP contribution >= 0.6 is 0 Å². The number of hydrogen-bond donors (Lipinski definition) is 0. The monoisotopic (exact) mass is 439 g/mol. The van der Waals surface area contributed by atoms with Gasteiger partial charge in [0.05, 0.1) is 20.8 Å². The van der Waals surface area contributed by atoms with Crippen LogP contribution in [0.4, 0.5) is 0 Å². The lowest BCUT2D eigenvalue weighted by molar-refractivity contribution is -0.129. The van der Waals surface area contributed by atoms with E-state index in [9.17, 15) is 4.79 Å². The third kappa shape index (κ3) is 6.00. The maximum Gasteiger partial charge on any atom is 0.227 e. The summed E-state index contributed by atoms with van der Waals surface area (Å²) < 4.78 is 21.3. The van der Waals surface area contributed by atoms with Crippen LogP contribution < -0.4 is 14.2 Å². The molecule has 0 radical (unpaired) electrons. The van der Waals surface area contributed by atoms with Gasteiger partial charge in [-0.05, 0) is 55.3 Å². The molecule has 8 nitrogen and oxygen atoms in total. The van der Waals surface area contributed by atoms with E-state index in [1.807, 2.05) is 49.4 Å². The van der Waals surface area contributed by atoms with Crippen LogP contribution in [-0.2, 0) is 17.6 Å². The van der Waals surface area contributed by atoms with Gasteiger partial charge in [-0.3, -0.25) is 4.79 Å². The number of amides is 1. The second kappa shape index (κ2) is 11.2. The van der Waals surface area contributed by atoms with Crippen LogP contribution in [0.3, 0.4) is 0 Å². The summed E-state index contributed by atoms with van der Waals surface area (Å²) in [5.74, 6) is 3.12. The Bertz CT molecular complexity index is 1020. The predicted molar refractivity (Wildman–Crippen MR) is 120 cm³/mol. The summed E-state index contributed by atoms with van der Waals surface area (Å²) in [7, 11) is 5.01. The Morgan fingerprint density at radius 2 is 1.78 bits per heavy atom. The van der Waals surface area contributed by atoms with Crippen molar-refractivity contribution in [3.63, 3.8) is 0 Å². The van der Waals surface area contributed by atoms with E-state index in [0.29, 0.717) is 55.6 Å². The molecule has 0 unspecified atom stereocenters. The molecule has 0 bridgehead atoms. The van der Waals surface area contributed by atoms with Gasteiger partial charge in [-0.1, -0.05) is 11.2 Å². The number of aromatic nitrogens is 2. The molecule has 1 aromatic heterocycles. The molecule has 0 aliphatic heterocycles. The second-order valence-electron chi connectivity index (χ2n) is 7.22. The summed E-state index contributed by atoms with van der Waals surface area (Å²) in [4.78, 5) is 18.6. The summed E-state index contributed by atoms with van der Waals surface area (Å²) in [6, 6.07) is 13.3. The Morgan fingerprint density at radius 1 is 1.03 bits per heavy atom. The Hall–Kier alpha value is -3.55. The van der Waals surface area contributed by atoms with Gasteiger partial charge in [0.15, 0.2) is 11.5 Å². The summed E-state index contributed by atoms with van der Waals surface area (Å²) in [6.45, 7) is 3.15. The minimum Gasteiger partial charge on any atom is -0.494 e. The number of carbonyl (C=O) groups excluding carboxylic acids is 1. The highest BCUT2D eigenvalue weighted by Gasteiger charge is 2.14. The van der Waals surface area contributed by atoms with Gasteiger partial charge >= 0.3 is 0 Å². The van der Waals surface area contributed by atoms with Crippen molar-refractivity contribution in [2.75, 3.05) is 34.4 Å². The van der Waals surface area contributed by atoms with Gasteiger partial charge in [-0.2, -0.15) is 4.98 Å². The van der Waals surface area contributed by atoms with Crippen LogP contribution in [0.1, 0.15) is 24.8 Å². The van der Waals surface area contributed by atoms with Gasteiger partial charge < -0.3 is 23.6 Å². The highest BCUT2D eigenvalue weighted by Crippen LogP contribution is 2.27. The maximum atomic E-state index is 12.5. The normalized spacial score (nSPS) is 10.6. The number of carbonyl (C=O) groups is 1. The van der Waals surface area contributed by atoms with Gasteiger partial charge in [0, 0.05) is 32.0 Å². The fourth-order valence-electron chi connectivity index (χ4n) is 3.20. The lowest BCUT2D eigenvalue weighted by atomic mass is 10.1. The van der Waals surface area contributed by atoms with Gasteiger partial charge in [-0.25, -0.2) is 0 Å². The lowest BCUT2D eigenvalue weighted by Crippen LogP contribution is -2.29. The highest BCUT2D eigenvalue weighted by atomic mass is 16.5. The van der Waals surface area contributed by atoms with Gasteiger partial charge in [0.25, 0.3) is 0 Å². The molecule has 170 valence electrons. The van der Waals surface area contributed by atoms with Crippen molar-refractivity contribution < 1.29 is 23.5 Å². The summed E-state index contributed by atoms with van der Waals surface area (Å²) in [5, 5.41) is 4.02. The Kier molecular flexibility index (Phi) is 8.08. The van der Waals surface area contributed by atoms with Crippen molar-refractivity contribution in [3.8, 4) is 28.6 Å². The lowest BCUT2D eigenvalue weighted by Gasteiger charge is -2.17. The van der Waals surface area contributed by atoms with E-state index in [0.717, 1.165) is 16.9 Å². The smallest absolute Gasteiger partial charge is 0.227 e. The zero-order valence-corrected chi connectivity index (χ0v) is 19.0. The molecular formula is C24H29N3O5. The first kappa shape index (κ1) is 23.1. The molecule has 3 aromatic rings. The third-order valence-electron chi connectivity index (χ3n) is 5.05. The van der Waals surface area contributed by atoms with E-state index in [2.05, 4.69) is 10.1 Å². The van der Waals surface area contributed by atoms with Crippen LogP contribution in [0.15, 0.2) is 47.0 Å². The fraction of sp³-hybridized carbons (Fsp3) is 0.375. The van der Waals surface area contributed by atoms with Gasteiger partial charge in [0.1, 0.15) is 5.75 Å². The number of hydrogen-bond acceptors (Lipinski definition) is 7. The van der Waals surface area contributed by atoms with Crippen LogP contribution in [-0.4, -0.2) is 55.4 Å². The van der Waals surface area contributed by atoms with E-state index >= 15 is 0 Å². The first-order chi connectivity index (χ1) is 15.5. The molecular weight excluding hydrogens is 410 g/mol. The number of rotatable bonds is 11. The average Bonchev–Trinajstić information content (AvgIpc) is 3.30. The van der Waals surface area contributed by atoms with E-state index in [4.69, 9.17) is 18.7 Å². The van der Waals surface area contributed by atoms with Crippen LogP contribution in [0.2, 0.25) is 0 Å². The molecule has 32 heavy (non-hydrogen) atoms. The van der Waals surface area contributed by atoms with Crippen molar-refractivity contribution in [1.82, 2.24) is 15.0 Å². The molecule has 0 spiro atoms. The Balaban J connectivity index is 1.49. The molecule has 8 heteroatoms. The zero-order chi connectivity index (χ0) is 22.9. The van der Waals surface area contributed by atoms with E-state index in [1.165, 1.54) is 0 Å². The number of ether oxygens (including phenoxy) is 3. The predicted octanol–water partition coefficient (Wildman–Crippen LogP) is 3.79. The number of nitrogens with zero attached hydrogens (tertiary/aromatic N) is 3. The summed E-state index contributed by atoms with van der Waals surface area (Å²) >= 11 is 0. The largest absolute Gasteiger partial charge is 0.494 e. The Labute approximate surface area is 188 Å². The molecule has 0 saturated carbocycles. The molecule has 0 saturated heterocycles. The summed E-state index contributed by atoms with van der Waals surface area (Å²) in [5.41, 5.74) is 1.90. The van der Waals surface area contributed by atoms with E-state index in [-0.39, 0.29) is 5.91 Å². The molecule has 0 aliphatic rings. The minimum atomic E-state index is 0.0197. The van der Waals surface area contributed by atoms with Crippen molar-refractivity contribution in [2.24, 2.45) is 0 Å². The molecule has 0 aliphatic carbocycles. The SMILES string of the molecule is CCOc1ccc(-c2noc(CCC(=O)N(C)CCc3ccc(OC)c(OC)c3)n2)cc1. The van der Waals surface area contributed by atoms with Crippen molar-refractivity contribution in [2.45, 2.75) is 26.2 Å². The van der Waals surface area contributed by atoms with Crippen molar-refractivity contribution in [3.05, 3.63) is 53.9 Å². The molecule has 3 rings (SSSR count). The first-order valence-electron chi connectivity index (χ1n) is 10.5. The fourth-order valence-corrected chi connectivity index (χ4v) is 3.20. The molecule has 1 amide bonds. The van der Waals surface area contributed by atoms with E-state index < -0.39 is 0 Å². The van der Waals surface area contributed by atoms with Gasteiger partial charge in [0.2, 0.25) is 17.6 Å². The average molecular weight is 440 g/mol. The standard InChI is InChI=1S/C24H29N3O5/c1-5-31-19-9-7-18(8-10-19)24-25-22(32-26-24)12-13-23(28)27(2)15-14-17-6-11-20(29-3)21(16-17)30-4/h6-11,16H,5,12-15H2,1-4H3. The summed E-state index contributed by atoms with van der Waals surface area (Å²) in [6.07, 6.45) is 1.40. The van der Waals surface area contributed by atoms with Crippen LogP contribution in [0.25, 0.3) is 11.4 Å². The number of methoxy groups -OCH3 is 2. The maximum absolute atomic E-state index is 12.5. The van der Waals surface area contributed by atoms with E-state index in [1.54, 1.807) is 26.2 Å². The van der Waals surface area contributed by atoms with Crippen molar-refractivity contribution >= 4 is 5.91 Å². The first-order valence-corrected chi connectivity index (χ1v) is 10.5. The molecule has 2 aromatic carbocycles. The van der Waals surface area contributed by atoms with Gasteiger partial charge in [-0.15, -0.1) is 0 Å². The quantitative estimate of drug-likeness (QED) is 0.449. The third-order valence-corrected chi connectivity index (χ3v) is 5.05. The highest BCUT2D eigenvalue weighted by molar-refractivity contribution is 5.76. The topological polar surface area (TPSA) is 86.9 Å². The molecule has 0 fully saturated rings. The van der Waals surface area contributed by atoms with Crippen LogP contribution in [0.5, 0.6) is 17.2 Å². The Morgan fingerprint density at radius 3 is 2.47 bits per heavy atom.